The maximum Gasteiger partial charge on any atom is 0.226 e. The standard InChI is InChI=1S/C19H22N2O2S/c22-17(7-15-11-24-18(20-15)16-2-1-3-23-16)21-19-8-12-4-13(9-19)6-14(5-12)10-19/h1-3,11-14H,4-10H2,(H,21,22). The summed E-state index contributed by atoms with van der Waals surface area (Å²) in [6, 6.07) is 3.76. The number of thiazole rings is 1. The quantitative estimate of drug-likeness (QED) is 0.912. The molecular formula is C19H22N2O2S. The largest absolute Gasteiger partial charge is 0.462 e. The van der Waals surface area contributed by atoms with Crippen LogP contribution in [-0.2, 0) is 11.2 Å². The molecule has 4 aliphatic carbocycles. The summed E-state index contributed by atoms with van der Waals surface area (Å²) in [5, 5.41) is 6.23. The van der Waals surface area contributed by atoms with Crippen LogP contribution in [0.5, 0.6) is 0 Å². The van der Waals surface area contributed by atoms with Crippen LogP contribution >= 0.6 is 11.3 Å². The molecule has 5 heteroatoms. The SMILES string of the molecule is O=C(Cc1csc(-c2ccco2)n1)NC12CC3CC(CC(C3)C1)C2. The minimum absolute atomic E-state index is 0.0890. The van der Waals surface area contributed by atoms with Gasteiger partial charge in [0.15, 0.2) is 10.8 Å². The molecule has 0 radical (unpaired) electrons. The van der Waals surface area contributed by atoms with Crippen LogP contribution in [0.15, 0.2) is 28.2 Å². The van der Waals surface area contributed by atoms with Gasteiger partial charge >= 0.3 is 0 Å². The van der Waals surface area contributed by atoms with Crippen molar-refractivity contribution in [2.75, 3.05) is 0 Å². The average Bonchev–Trinajstić information content (AvgIpc) is 3.15. The Hall–Kier alpha value is -1.62. The van der Waals surface area contributed by atoms with E-state index in [0.29, 0.717) is 6.42 Å². The summed E-state index contributed by atoms with van der Waals surface area (Å²) < 4.78 is 5.38. The summed E-state index contributed by atoms with van der Waals surface area (Å²) in [4.78, 5) is 17.2. The van der Waals surface area contributed by atoms with E-state index in [1.54, 1.807) is 6.26 Å². The van der Waals surface area contributed by atoms with E-state index >= 15 is 0 Å². The Bertz CT molecular complexity index is 714. The van der Waals surface area contributed by atoms with Crippen molar-refractivity contribution in [1.82, 2.24) is 10.3 Å². The van der Waals surface area contributed by atoms with Gasteiger partial charge in [-0.15, -0.1) is 11.3 Å². The molecule has 0 aliphatic heterocycles. The van der Waals surface area contributed by atoms with Crippen LogP contribution in [0.25, 0.3) is 10.8 Å². The lowest BCUT2D eigenvalue weighted by Gasteiger charge is -2.56. The zero-order valence-corrected chi connectivity index (χ0v) is 14.5. The molecule has 126 valence electrons. The van der Waals surface area contributed by atoms with Crippen molar-refractivity contribution >= 4 is 17.2 Å². The predicted molar refractivity (Wildman–Crippen MR) is 92.6 cm³/mol. The number of furan rings is 1. The molecule has 1 N–H and O–H groups in total. The van der Waals surface area contributed by atoms with Gasteiger partial charge in [-0.1, -0.05) is 0 Å². The van der Waals surface area contributed by atoms with Crippen molar-refractivity contribution in [3.63, 3.8) is 0 Å². The first-order chi connectivity index (χ1) is 11.7. The number of nitrogens with zero attached hydrogens (tertiary/aromatic N) is 1. The second-order valence-electron chi connectivity index (χ2n) is 8.04. The molecule has 0 spiro atoms. The maximum atomic E-state index is 12.6. The molecule has 4 fully saturated rings. The Balaban J connectivity index is 1.26. The second-order valence-corrected chi connectivity index (χ2v) is 8.90. The van der Waals surface area contributed by atoms with Crippen molar-refractivity contribution < 1.29 is 9.21 Å². The Labute approximate surface area is 145 Å². The topological polar surface area (TPSA) is 55.1 Å². The van der Waals surface area contributed by atoms with E-state index in [2.05, 4.69) is 10.3 Å². The lowest BCUT2D eigenvalue weighted by molar-refractivity contribution is -0.126. The van der Waals surface area contributed by atoms with Gasteiger partial charge in [0, 0.05) is 10.9 Å². The van der Waals surface area contributed by atoms with Gasteiger partial charge in [0.1, 0.15) is 0 Å². The Morgan fingerprint density at radius 3 is 2.58 bits per heavy atom. The number of amides is 1. The number of hydrogen-bond donors (Lipinski definition) is 1. The molecule has 4 bridgehead atoms. The van der Waals surface area contributed by atoms with Crippen LogP contribution in [0.3, 0.4) is 0 Å². The minimum Gasteiger partial charge on any atom is -0.462 e. The van der Waals surface area contributed by atoms with E-state index in [0.717, 1.165) is 34.2 Å². The number of aromatic nitrogens is 1. The van der Waals surface area contributed by atoms with Crippen molar-refractivity contribution in [3.05, 3.63) is 29.5 Å². The van der Waals surface area contributed by atoms with E-state index in [4.69, 9.17) is 4.42 Å². The predicted octanol–water partition coefficient (Wildman–Crippen LogP) is 4.03. The average molecular weight is 342 g/mol. The summed E-state index contributed by atoms with van der Waals surface area (Å²) >= 11 is 1.53. The highest BCUT2D eigenvalue weighted by atomic mass is 32.1. The van der Waals surface area contributed by atoms with Crippen LogP contribution in [0.2, 0.25) is 0 Å². The number of rotatable bonds is 4. The zero-order chi connectivity index (χ0) is 16.1. The van der Waals surface area contributed by atoms with Crippen molar-refractivity contribution in [1.29, 1.82) is 0 Å². The lowest BCUT2D eigenvalue weighted by atomic mass is 9.53. The van der Waals surface area contributed by atoms with Gasteiger partial charge in [-0.3, -0.25) is 4.79 Å². The summed E-state index contributed by atoms with van der Waals surface area (Å²) in [7, 11) is 0. The van der Waals surface area contributed by atoms with Gasteiger partial charge in [0.2, 0.25) is 5.91 Å². The van der Waals surface area contributed by atoms with Gasteiger partial charge in [0.25, 0.3) is 0 Å². The summed E-state index contributed by atoms with van der Waals surface area (Å²) in [6.45, 7) is 0. The van der Waals surface area contributed by atoms with Gasteiger partial charge in [-0.05, 0) is 68.4 Å². The fraction of sp³-hybridized carbons (Fsp3) is 0.579. The Morgan fingerprint density at radius 2 is 1.96 bits per heavy atom. The normalized spacial score (nSPS) is 33.8. The third kappa shape index (κ3) is 2.59. The van der Waals surface area contributed by atoms with Gasteiger partial charge in [-0.2, -0.15) is 0 Å². The molecule has 6 rings (SSSR count). The summed E-state index contributed by atoms with van der Waals surface area (Å²) in [6.07, 6.45) is 9.79. The molecule has 2 aromatic heterocycles. The number of nitrogens with one attached hydrogen (secondary N) is 1. The third-order valence-electron chi connectivity index (χ3n) is 6.07. The smallest absolute Gasteiger partial charge is 0.226 e. The van der Waals surface area contributed by atoms with E-state index in [1.165, 1.54) is 49.9 Å². The Kier molecular flexibility index (Phi) is 3.34. The zero-order valence-electron chi connectivity index (χ0n) is 13.7. The van der Waals surface area contributed by atoms with Crippen molar-refractivity contribution in [2.45, 2.75) is 50.5 Å². The van der Waals surface area contributed by atoms with Crippen LogP contribution in [-0.4, -0.2) is 16.4 Å². The molecule has 0 saturated heterocycles. The molecule has 0 aromatic carbocycles. The molecule has 0 atom stereocenters. The summed E-state index contributed by atoms with van der Waals surface area (Å²) in [5.41, 5.74) is 0.930. The van der Waals surface area contributed by atoms with Crippen LogP contribution < -0.4 is 5.32 Å². The molecule has 4 aliphatic rings. The van der Waals surface area contributed by atoms with Crippen LogP contribution in [0, 0.1) is 17.8 Å². The fourth-order valence-electron chi connectivity index (χ4n) is 5.67. The second kappa shape index (κ2) is 5.45. The van der Waals surface area contributed by atoms with Crippen molar-refractivity contribution in [2.24, 2.45) is 17.8 Å². The highest BCUT2D eigenvalue weighted by molar-refractivity contribution is 7.13. The molecule has 2 heterocycles. The third-order valence-corrected chi connectivity index (χ3v) is 6.97. The van der Waals surface area contributed by atoms with Gasteiger partial charge < -0.3 is 9.73 Å². The van der Waals surface area contributed by atoms with E-state index < -0.39 is 0 Å². The maximum absolute atomic E-state index is 12.6. The van der Waals surface area contributed by atoms with Gasteiger partial charge in [-0.25, -0.2) is 4.98 Å². The molecule has 1 amide bonds. The van der Waals surface area contributed by atoms with E-state index in [1.807, 2.05) is 17.5 Å². The van der Waals surface area contributed by atoms with Crippen molar-refractivity contribution in [3.8, 4) is 10.8 Å². The lowest BCUT2D eigenvalue weighted by Crippen LogP contribution is -2.60. The van der Waals surface area contributed by atoms with E-state index in [-0.39, 0.29) is 11.4 Å². The Morgan fingerprint density at radius 1 is 1.25 bits per heavy atom. The minimum atomic E-state index is 0.0890. The molecular weight excluding hydrogens is 320 g/mol. The monoisotopic (exact) mass is 342 g/mol. The first kappa shape index (κ1) is 14.7. The fourth-order valence-corrected chi connectivity index (χ4v) is 6.46. The number of hydrogen-bond acceptors (Lipinski definition) is 4. The van der Waals surface area contributed by atoms with E-state index in [9.17, 15) is 4.79 Å². The van der Waals surface area contributed by atoms with Crippen LogP contribution in [0.1, 0.15) is 44.2 Å². The first-order valence-electron chi connectivity index (χ1n) is 8.97. The highest BCUT2D eigenvalue weighted by Gasteiger charge is 2.51. The van der Waals surface area contributed by atoms with Crippen LogP contribution in [0.4, 0.5) is 0 Å². The molecule has 2 aromatic rings. The molecule has 0 unspecified atom stereocenters. The molecule has 24 heavy (non-hydrogen) atoms. The molecule has 4 nitrogen and oxygen atoms in total. The van der Waals surface area contributed by atoms with Gasteiger partial charge in [0.05, 0.1) is 18.4 Å². The number of carbonyl (C=O) groups is 1. The molecule has 4 saturated carbocycles. The number of carbonyl (C=O) groups excluding carboxylic acids is 1. The summed E-state index contributed by atoms with van der Waals surface area (Å²) in [5.74, 6) is 3.45. The highest BCUT2D eigenvalue weighted by Crippen LogP contribution is 2.55. The first-order valence-corrected chi connectivity index (χ1v) is 9.85.